The predicted molar refractivity (Wildman–Crippen MR) is 53.9 cm³/mol. The van der Waals surface area contributed by atoms with Crippen LogP contribution in [0.2, 0.25) is 0 Å². The molecule has 84 valence electrons. The van der Waals surface area contributed by atoms with Crippen LogP contribution >= 0.6 is 15.9 Å². The van der Waals surface area contributed by atoms with E-state index >= 15 is 0 Å². The summed E-state index contributed by atoms with van der Waals surface area (Å²) in [5, 5.41) is 8.68. The quantitative estimate of drug-likeness (QED) is 0.743. The number of hydrogen-bond acceptors (Lipinski definition) is 2. The first-order valence-electron chi connectivity index (χ1n) is 4.09. The number of nitrogens with zero attached hydrogens (tertiary/aromatic N) is 1. The molecule has 1 aromatic rings. The Bertz CT molecular complexity index is 488. The number of benzene rings is 1. The molecule has 0 radical (unpaired) electrons. The number of hydrogen-bond donors (Lipinski definition) is 0. The van der Waals surface area contributed by atoms with Crippen LogP contribution in [0.4, 0.5) is 13.2 Å². The van der Waals surface area contributed by atoms with Gasteiger partial charge in [0.1, 0.15) is 0 Å². The smallest absolute Gasteiger partial charge is 0.294 e. The van der Waals surface area contributed by atoms with Gasteiger partial charge in [0.15, 0.2) is 5.78 Å². The fourth-order valence-electron chi connectivity index (χ4n) is 1.23. The summed E-state index contributed by atoms with van der Waals surface area (Å²) in [6, 6.07) is 3.44. The van der Waals surface area contributed by atoms with E-state index in [0.717, 1.165) is 19.1 Å². The second-order valence-corrected chi connectivity index (χ2v) is 3.81. The molecule has 0 aromatic heterocycles. The van der Waals surface area contributed by atoms with Crippen LogP contribution in [0.5, 0.6) is 0 Å². The number of carbonyl (C=O) groups is 1. The van der Waals surface area contributed by atoms with Gasteiger partial charge in [-0.1, -0.05) is 0 Å². The molecule has 0 spiro atoms. The molecule has 16 heavy (non-hydrogen) atoms. The van der Waals surface area contributed by atoms with Gasteiger partial charge in [-0.2, -0.15) is 18.4 Å². The van der Waals surface area contributed by atoms with Crippen molar-refractivity contribution < 1.29 is 18.0 Å². The van der Waals surface area contributed by atoms with E-state index < -0.39 is 17.5 Å². The molecule has 0 atom stereocenters. The molecular weight excluding hydrogens is 287 g/mol. The molecule has 0 aliphatic heterocycles. The molecule has 0 aliphatic carbocycles. The normalized spacial score (nSPS) is 11.0. The Morgan fingerprint density at radius 2 is 2.00 bits per heavy atom. The van der Waals surface area contributed by atoms with Gasteiger partial charge in [-0.25, -0.2) is 0 Å². The van der Waals surface area contributed by atoms with Gasteiger partial charge in [0.05, 0.1) is 17.2 Å². The highest BCUT2D eigenvalue weighted by atomic mass is 79.9. The van der Waals surface area contributed by atoms with E-state index in [9.17, 15) is 18.0 Å². The Balaban J connectivity index is 3.58. The fourth-order valence-corrected chi connectivity index (χ4v) is 2.08. The summed E-state index contributed by atoms with van der Waals surface area (Å²) < 4.78 is 37.1. The monoisotopic (exact) mass is 291 g/mol. The molecule has 0 bridgehead atoms. The van der Waals surface area contributed by atoms with Gasteiger partial charge >= 0.3 is 6.18 Å². The van der Waals surface area contributed by atoms with Crippen LogP contribution in [0.25, 0.3) is 0 Å². The van der Waals surface area contributed by atoms with E-state index in [0.29, 0.717) is 0 Å². The minimum Gasteiger partial charge on any atom is -0.294 e. The summed E-state index contributed by atoms with van der Waals surface area (Å²) in [7, 11) is 0. The lowest BCUT2D eigenvalue weighted by atomic mass is 10.0. The lowest BCUT2D eigenvalue weighted by Crippen LogP contribution is -2.10. The maximum absolute atomic E-state index is 12.5. The Hall–Kier alpha value is -1.35. The average molecular weight is 292 g/mol. The van der Waals surface area contributed by atoms with E-state index in [4.69, 9.17) is 5.26 Å². The SMILES string of the molecule is CC(=O)c1c(C#N)ccc(C(F)(F)F)c1Br. The number of nitriles is 1. The maximum Gasteiger partial charge on any atom is 0.417 e. The average Bonchev–Trinajstić information content (AvgIpc) is 2.14. The minimum atomic E-state index is -4.56. The van der Waals surface area contributed by atoms with Crippen molar-refractivity contribution in [3.63, 3.8) is 0 Å². The summed E-state index contributed by atoms with van der Waals surface area (Å²) in [4.78, 5) is 11.2. The lowest BCUT2D eigenvalue weighted by molar-refractivity contribution is -0.138. The van der Waals surface area contributed by atoms with Crippen LogP contribution in [-0.4, -0.2) is 5.78 Å². The largest absolute Gasteiger partial charge is 0.417 e. The summed E-state index contributed by atoms with van der Waals surface area (Å²) in [6.45, 7) is 1.11. The fraction of sp³-hybridized carbons (Fsp3) is 0.200. The number of rotatable bonds is 1. The highest BCUT2D eigenvalue weighted by Gasteiger charge is 2.35. The summed E-state index contributed by atoms with van der Waals surface area (Å²) in [6.07, 6.45) is -4.56. The zero-order valence-corrected chi connectivity index (χ0v) is 9.61. The lowest BCUT2D eigenvalue weighted by Gasteiger charge is -2.12. The standard InChI is InChI=1S/C10H5BrF3NO/c1-5(16)8-6(4-15)2-3-7(9(8)11)10(12,13)14/h2-3H,1H3. The van der Waals surface area contributed by atoms with Crippen molar-refractivity contribution in [3.05, 3.63) is 33.3 Å². The van der Waals surface area contributed by atoms with Gasteiger partial charge < -0.3 is 0 Å². The molecule has 0 unspecified atom stereocenters. The van der Waals surface area contributed by atoms with Crippen molar-refractivity contribution in [1.82, 2.24) is 0 Å². The van der Waals surface area contributed by atoms with Crippen LogP contribution in [0.1, 0.15) is 28.4 Å². The Morgan fingerprint density at radius 1 is 1.44 bits per heavy atom. The van der Waals surface area contributed by atoms with Gasteiger partial charge in [-0.3, -0.25) is 4.79 Å². The van der Waals surface area contributed by atoms with Gasteiger partial charge in [0, 0.05) is 10.0 Å². The summed E-state index contributed by atoms with van der Waals surface area (Å²) in [5.41, 5.74) is -1.28. The maximum atomic E-state index is 12.5. The molecule has 2 nitrogen and oxygen atoms in total. The van der Waals surface area contributed by atoms with Crippen LogP contribution < -0.4 is 0 Å². The zero-order valence-electron chi connectivity index (χ0n) is 8.02. The van der Waals surface area contributed by atoms with Crippen molar-refractivity contribution in [1.29, 1.82) is 5.26 Å². The highest BCUT2D eigenvalue weighted by Crippen LogP contribution is 2.37. The van der Waals surface area contributed by atoms with Gasteiger partial charge in [0.25, 0.3) is 0 Å². The third-order valence-electron chi connectivity index (χ3n) is 1.92. The molecule has 1 aromatic carbocycles. The van der Waals surface area contributed by atoms with Crippen LogP contribution in [0, 0.1) is 11.3 Å². The topological polar surface area (TPSA) is 40.9 Å². The molecule has 0 saturated heterocycles. The number of halogens is 4. The van der Waals surface area contributed by atoms with Gasteiger partial charge in [0.2, 0.25) is 0 Å². The number of ketones is 1. The van der Waals surface area contributed by atoms with Gasteiger partial charge in [-0.15, -0.1) is 0 Å². The second-order valence-electron chi connectivity index (χ2n) is 3.02. The molecule has 0 aliphatic rings. The first-order chi connectivity index (χ1) is 7.29. The molecule has 0 fully saturated rings. The molecule has 0 N–H and O–H groups in total. The Labute approximate surface area is 97.8 Å². The minimum absolute atomic E-state index is 0.0765. The molecule has 0 saturated carbocycles. The molecular formula is C10H5BrF3NO. The van der Waals surface area contributed by atoms with Gasteiger partial charge in [-0.05, 0) is 35.0 Å². The van der Waals surface area contributed by atoms with E-state index in [2.05, 4.69) is 15.9 Å². The number of carbonyl (C=O) groups excluding carboxylic acids is 1. The van der Waals surface area contributed by atoms with Crippen LogP contribution in [0.3, 0.4) is 0 Å². The third kappa shape index (κ3) is 2.25. The van der Waals surface area contributed by atoms with Crippen molar-refractivity contribution in [2.45, 2.75) is 13.1 Å². The van der Waals surface area contributed by atoms with Crippen LogP contribution in [-0.2, 0) is 6.18 Å². The zero-order chi connectivity index (χ0) is 12.5. The first kappa shape index (κ1) is 12.7. The van der Waals surface area contributed by atoms with E-state index in [1.165, 1.54) is 0 Å². The van der Waals surface area contributed by atoms with E-state index in [-0.39, 0.29) is 15.6 Å². The summed E-state index contributed by atoms with van der Waals surface area (Å²) >= 11 is 2.72. The Morgan fingerprint density at radius 3 is 2.38 bits per heavy atom. The van der Waals surface area contributed by atoms with Crippen molar-refractivity contribution in [2.75, 3.05) is 0 Å². The molecule has 0 heterocycles. The second kappa shape index (κ2) is 4.26. The molecule has 0 amide bonds. The van der Waals surface area contributed by atoms with E-state index in [1.807, 2.05) is 0 Å². The van der Waals surface area contributed by atoms with Crippen molar-refractivity contribution in [3.8, 4) is 6.07 Å². The van der Waals surface area contributed by atoms with Crippen molar-refractivity contribution >= 4 is 21.7 Å². The molecule has 1 rings (SSSR count). The van der Waals surface area contributed by atoms with Crippen molar-refractivity contribution in [2.24, 2.45) is 0 Å². The summed E-state index contributed by atoms with van der Waals surface area (Å²) in [5.74, 6) is -0.588. The van der Waals surface area contributed by atoms with Crippen LogP contribution in [0.15, 0.2) is 16.6 Å². The third-order valence-corrected chi connectivity index (χ3v) is 2.74. The number of Topliss-reactive ketones (excluding diaryl/α,β-unsaturated/α-hetero) is 1. The highest BCUT2D eigenvalue weighted by molar-refractivity contribution is 9.10. The Kier molecular flexibility index (Phi) is 3.38. The molecule has 6 heteroatoms. The number of alkyl halides is 3. The predicted octanol–water partition coefficient (Wildman–Crippen LogP) is 3.54. The van der Waals surface area contributed by atoms with E-state index in [1.54, 1.807) is 6.07 Å². The first-order valence-corrected chi connectivity index (χ1v) is 4.89.